The highest BCUT2D eigenvalue weighted by Gasteiger charge is 2.52. The van der Waals surface area contributed by atoms with E-state index in [0.29, 0.717) is 30.4 Å². The number of fused-ring (bicyclic) bond motifs is 2. The molecule has 9 heteroatoms. The number of carbonyl (C=O) groups excluding carboxylic acids is 2. The lowest BCUT2D eigenvalue weighted by molar-refractivity contribution is -0.137. The summed E-state index contributed by atoms with van der Waals surface area (Å²) in [4.78, 5) is 33.4. The van der Waals surface area contributed by atoms with Gasteiger partial charge in [-0.25, -0.2) is 5.43 Å². The number of benzene rings is 1. The van der Waals surface area contributed by atoms with Crippen LogP contribution in [-0.2, 0) is 9.53 Å². The molecule has 2 aliphatic heterocycles. The highest BCUT2D eigenvalue weighted by atomic mass is 35.5. The summed E-state index contributed by atoms with van der Waals surface area (Å²) in [6.45, 7) is 1.73. The first-order valence-electron chi connectivity index (χ1n) is 10.8. The maximum atomic E-state index is 13.3. The number of piperidine rings is 1. The topological polar surface area (TPSA) is 89.7 Å². The van der Waals surface area contributed by atoms with Gasteiger partial charge in [0.25, 0.3) is 5.91 Å². The van der Waals surface area contributed by atoms with Crippen LogP contribution in [0.25, 0.3) is 10.9 Å². The van der Waals surface area contributed by atoms with Crippen LogP contribution in [0.5, 0.6) is 0 Å². The van der Waals surface area contributed by atoms with Crippen molar-refractivity contribution in [2.24, 2.45) is 5.92 Å². The minimum absolute atomic E-state index is 0.0183. The second-order valence-electron chi connectivity index (χ2n) is 9.05. The average Bonchev–Trinajstić information content (AvgIpc) is 3.24. The molecule has 0 spiro atoms. The Balaban J connectivity index is 1.31. The number of hydrogen-bond donors (Lipinski definition) is 3. The molecule has 0 radical (unpaired) electrons. The van der Waals surface area contributed by atoms with E-state index < -0.39 is 0 Å². The molecule has 166 valence electrons. The number of likely N-dealkylation sites (tertiary alicyclic amines) is 1. The van der Waals surface area contributed by atoms with Crippen LogP contribution in [0.15, 0.2) is 24.3 Å². The van der Waals surface area contributed by atoms with Crippen LogP contribution < -0.4 is 10.9 Å². The van der Waals surface area contributed by atoms with E-state index in [9.17, 15) is 9.59 Å². The third-order valence-electron chi connectivity index (χ3n) is 7.16. The van der Waals surface area contributed by atoms with Crippen molar-refractivity contribution in [3.63, 3.8) is 0 Å². The molecule has 3 aliphatic rings. The molecule has 1 aliphatic carbocycles. The molecular weight excluding hydrogens is 418 g/mol. The number of hydrogen-bond acceptors (Lipinski definition) is 5. The third-order valence-corrected chi connectivity index (χ3v) is 7.40. The van der Waals surface area contributed by atoms with Crippen LogP contribution in [0.2, 0.25) is 5.02 Å². The van der Waals surface area contributed by atoms with Gasteiger partial charge in [0.15, 0.2) is 0 Å². The van der Waals surface area contributed by atoms with E-state index in [-0.39, 0.29) is 35.4 Å². The predicted octanol–water partition coefficient (Wildman–Crippen LogP) is 1.77. The standard InChI is InChI=1S/C22H28ClN5O3/c1-27(22(6-7-22)12-31-2)21(30)19-15-11-28(8-5-16(15)25-26-19)20(29)18-9-13-3-4-14(23)10-17(13)24-18/h3-4,9-10,15-16,19,24-26H,5-8,11-12H2,1-2H3. The van der Waals surface area contributed by atoms with Crippen LogP contribution in [0.3, 0.4) is 0 Å². The number of H-pyrrole nitrogens is 1. The minimum Gasteiger partial charge on any atom is -0.382 e. The monoisotopic (exact) mass is 445 g/mol. The third kappa shape index (κ3) is 3.61. The Morgan fingerprint density at radius 3 is 2.84 bits per heavy atom. The summed E-state index contributed by atoms with van der Waals surface area (Å²) in [5.41, 5.74) is 7.71. The van der Waals surface area contributed by atoms with E-state index in [4.69, 9.17) is 16.3 Å². The van der Waals surface area contributed by atoms with E-state index in [0.717, 1.165) is 30.2 Å². The lowest BCUT2D eigenvalue weighted by Gasteiger charge is -2.37. The van der Waals surface area contributed by atoms with Gasteiger partial charge >= 0.3 is 0 Å². The second kappa shape index (κ2) is 7.78. The van der Waals surface area contributed by atoms with Gasteiger partial charge in [-0.2, -0.15) is 0 Å². The molecule has 3 fully saturated rings. The highest BCUT2D eigenvalue weighted by Crippen LogP contribution is 2.42. The van der Waals surface area contributed by atoms with Gasteiger partial charge < -0.3 is 19.5 Å². The summed E-state index contributed by atoms with van der Waals surface area (Å²) in [5, 5.41) is 1.58. The first kappa shape index (κ1) is 20.8. The fourth-order valence-electron chi connectivity index (χ4n) is 5.05. The van der Waals surface area contributed by atoms with Crippen LogP contribution >= 0.6 is 11.6 Å². The second-order valence-corrected chi connectivity index (χ2v) is 9.48. The summed E-state index contributed by atoms with van der Waals surface area (Å²) in [7, 11) is 3.54. The SMILES string of the molecule is COCC1(N(C)C(=O)C2NNC3CCN(C(=O)c4cc5ccc(Cl)cc5[nH]4)CC32)CC1. The fourth-order valence-corrected chi connectivity index (χ4v) is 5.22. The normalized spacial score (nSPS) is 26.7. The zero-order chi connectivity index (χ0) is 21.8. The van der Waals surface area contributed by atoms with Crippen molar-refractivity contribution < 1.29 is 14.3 Å². The van der Waals surface area contributed by atoms with Crippen LogP contribution in [0.4, 0.5) is 0 Å². The number of rotatable bonds is 5. The van der Waals surface area contributed by atoms with Crippen molar-refractivity contribution in [1.29, 1.82) is 0 Å². The van der Waals surface area contributed by atoms with Crippen molar-refractivity contribution in [3.05, 3.63) is 35.0 Å². The van der Waals surface area contributed by atoms with Gasteiger partial charge in [0.2, 0.25) is 5.91 Å². The minimum atomic E-state index is -0.360. The molecule has 2 saturated heterocycles. The number of carbonyl (C=O) groups is 2. The van der Waals surface area contributed by atoms with Crippen LogP contribution in [0.1, 0.15) is 29.8 Å². The van der Waals surface area contributed by atoms with Crippen molar-refractivity contribution in [2.75, 3.05) is 33.9 Å². The molecule has 5 rings (SSSR count). The van der Waals surface area contributed by atoms with Gasteiger partial charge in [-0.3, -0.25) is 15.0 Å². The highest BCUT2D eigenvalue weighted by molar-refractivity contribution is 6.31. The number of aromatic nitrogens is 1. The first-order chi connectivity index (χ1) is 14.9. The molecule has 1 saturated carbocycles. The Morgan fingerprint density at radius 2 is 2.10 bits per heavy atom. The van der Waals surface area contributed by atoms with Crippen molar-refractivity contribution in [1.82, 2.24) is 25.6 Å². The largest absolute Gasteiger partial charge is 0.382 e. The molecular formula is C22H28ClN5O3. The maximum absolute atomic E-state index is 13.3. The van der Waals surface area contributed by atoms with Gasteiger partial charge in [0.05, 0.1) is 12.1 Å². The number of ether oxygens (including phenoxy) is 1. The molecule has 0 bridgehead atoms. The Morgan fingerprint density at radius 1 is 1.29 bits per heavy atom. The number of likely N-dealkylation sites (N-methyl/N-ethyl adjacent to an activating group) is 1. The van der Waals surface area contributed by atoms with Gasteiger partial charge in [0.1, 0.15) is 11.7 Å². The van der Waals surface area contributed by atoms with Gasteiger partial charge in [-0.15, -0.1) is 0 Å². The average molecular weight is 446 g/mol. The summed E-state index contributed by atoms with van der Waals surface area (Å²) in [5.74, 6) is 0.0317. The van der Waals surface area contributed by atoms with Crippen molar-refractivity contribution in [2.45, 2.75) is 36.9 Å². The van der Waals surface area contributed by atoms with Gasteiger partial charge in [-0.05, 0) is 37.5 Å². The number of nitrogens with zero attached hydrogens (tertiary/aromatic N) is 2. The van der Waals surface area contributed by atoms with Gasteiger partial charge in [-0.1, -0.05) is 17.7 Å². The molecule has 3 N–H and O–H groups in total. The Hall–Kier alpha value is -2.13. The molecule has 31 heavy (non-hydrogen) atoms. The smallest absolute Gasteiger partial charge is 0.270 e. The zero-order valence-corrected chi connectivity index (χ0v) is 18.5. The van der Waals surface area contributed by atoms with Crippen LogP contribution in [0, 0.1) is 5.92 Å². The lowest BCUT2D eigenvalue weighted by Crippen LogP contribution is -2.54. The molecule has 3 unspecified atom stereocenters. The molecule has 1 aromatic heterocycles. The van der Waals surface area contributed by atoms with E-state index in [1.807, 2.05) is 41.1 Å². The summed E-state index contributed by atoms with van der Waals surface area (Å²) in [6, 6.07) is 7.22. The number of methoxy groups -OCH3 is 1. The molecule has 2 aromatic rings. The molecule has 8 nitrogen and oxygen atoms in total. The number of hydrazine groups is 1. The quantitative estimate of drug-likeness (QED) is 0.652. The van der Waals surface area contributed by atoms with E-state index in [2.05, 4.69) is 15.8 Å². The van der Waals surface area contributed by atoms with E-state index in [1.165, 1.54) is 0 Å². The lowest BCUT2D eigenvalue weighted by atomic mass is 9.87. The molecule has 3 heterocycles. The fraction of sp³-hybridized carbons (Fsp3) is 0.545. The van der Waals surface area contributed by atoms with Crippen molar-refractivity contribution in [3.8, 4) is 0 Å². The maximum Gasteiger partial charge on any atom is 0.270 e. The molecule has 1 aromatic carbocycles. The predicted molar refractivity (Wildman–Crippen MR) is 118 cm³/mol. The number of amides is 2. The van der Waals surface area contributed by atoms with E-state index >= 15 is 0 Å². The Kier molecular flexibility index (Phi) is 5.21. The summed E-state index contributed by atoms with van der Waals surface area (Å²) >= 11 is 6.07. The first-order valence-corrected chi connectivity index (χ1v) is 11.1. The Labute approximate surface area is 186 Å². The number of nitrogens with one attached hydrogen (secondary N) is 3. The summed E-state index contributed by atoms with van der Waals surface area (Å²) in [6.07, 6.45) is 2.73. The Bertz CT molecular complexity index is 1020. The number of halogens is 1. The molecule has 3 atom stereocenters. The van der Waals surface area contributed by atoms with E-state index in [1.54, 1.807) is 7.11 Å². The van der Waals surface area contributed by atoms with Gasteiger partial charge in [0, 0.05) is 55.1 Å². The number of aromatic amines is 1. The molecule has 2 amide bonds. The van der Waals surface area contributed by atoms with Crippen molar-refractivity contribution >= 4 is 34.3 Å². The summed E-state index contributed by atoms with van der Waals surface area (Å²) < 4.78 is 5.34. The zero-order valence-electron chi connectivity index (χ0n) is 17.8. The van der Waals surface area contributed by atoms with Crippen LogP contribution in [-0.4, -0.2) is 78.1 Å².